The highest BCUT2D eigenvalue weighted by Gasteiger charge is 2.04. The van der Waals surface area contributed by atoms with E-state index in [1.54, 1.807) is 18.5 Å². The summed E-state index contributed by atoms with van der Waals surface area (Å²) in [4.78, 5) is 19.8. The minimum absolute atomic E-state index is 0.182. The van der Waals surface area contributed by atoms with Crippen molar-refractivity contribution in [2.24, 2.45) is 5.10 Å². The summed E-state index contributed by atoms with van der Waals surface area (Å²) in [6.07, 6.45) is 3.29. The van der Waals surface area contributed by atoms with E-state index in [1.165, 1.54) is 17.3 Å². The van der Waals surface area contributed by atoms with Gasteiger partial charge in [-0.25, -0.2) is 15.4 Å². The molecule has 0 atom stereocenters. The Morgan fingerprint density at radius 3 is 2.57 bits per heavy atom. The number of thioether (sulfide) groups is 1. The highest BCUT2D eigenvalue weighted by molar-refractivity contribution is 7.99. The molecule has 0 spiro atoms. The third kappa shape index (κ3) is 5.00. The minimum Gasteiger partial charge on any atom is -0.272 e. The number of aromatic nitrogens is 2. The van der Waals surface area contributed by atoms with Gasteiger partial charge in [0.05, 0.1) is 11.5 Å². The van der Waals surface area contributed by atoms with Gasteiger partial charge in [0.1, 0.15) is 0 Å². The molecule has 2 aromatic rings. The Bertz CT molecular complexity index is 626. The molecule has 1 heterocycles. The highest BCUT2D eigenvalue weighted by atomic mass is 32.2. The number of nitrogens with zero attached hydrogens (tertiary/aromatic N) is 3. The molecule has 0 saturated carbocycles. The Kier molecular flexibility index (Phi) is 5.45. The average molecular weight is 300 g/mol. The summed E-state index contributed by atoms with van der Waals surface area (Å²) in [6, 6.07) is 9.72. The molecule has 1 N–H and O–H groups in total. The van der Waals surface area contributed by atoms with Crippen LogP contribution in [-0.4, -0.2) is 27.3 Å². The van der Waals surface area contributed by atoms with E-state index in [4.69, 9.17) is 0 Å². The molecule has 108 valence electrons. The van der Waals surface area contributed by atoms with E-state index in [9.17, 15) is 4.79 Å². The third-order valence-corrected chi connectivity index (χ3v) is 3.57. The van der Waals surface area contributed by atoms with Gasteiger partial charge in [0.2, 0.25) is 0 Å². The van der Waals surface area contributed by atoms with Crippen LogP contribution in [0.3, 0.4) is 0 Å². The third-order valence-electron chi connectivity index (χ3n) is 2.69. The number of aryl methyl sites for hydroxylation is 1. The molecule has 5 nitrogen and oxygen atoms in total. The van der Waals surface area contributed by atoms with Crippen molar-refractivity contribution in [2.45, 2.75) is 19.0 Å². The van der Waals surface area contributed by atoms with Crippen molar-refractivity contribution in [3.8, 4) is 0 Å². The molecular formula is C15H16N4OS. The van der Waals surface area contributed by atoms with Gasteiger partial charge in [0, 0.05) is 12.4 Å². The van der Waals surface area contributed by atoms with Crippen LogP contribution in [0.2, 0.25) is 0 Å². The molecule has 0 radical (unpaired) electrons. The summed E-state index contributed by atoms with van der Waals surface area (Å²) >= 11 is 1.27. The molecule has 6 heteroatoms. The van der Waals surface area contributed by atoms with Gasteiger partial charge in [-0.2, -0.15) is 5.10 Å². The van der Waals surface area contributed by atoms with E-state index in [1.807, 2.05) is 38.1 Å². The molecular weight excluding hydrogens is 284 g/mol. The summed E-state index contributed by atoms with van der Waals surface area (Å²) in [5, 5.41) is 4.68. The van der Waals surface area contributed by atoms with Crippen molar-refractivity contribution < 1.29 is 4.79 Å². The van der Waals surface area contributed by atoms with Gasteiger partial charge >= 0.3 is 0 Å². The van der Waals surface area contributed by atoms with Gasteiger partial charge in [-0.3, -0.25) is 4.79 Å². The number of benzene rings is 1. The summed E-state index contributed by atoms with van der Waals surface area (Å²) in [5.41, 5.74) is 5.48. The lowest BCUT2D eigenvalue weighted by molar-refractivity contribution is -0.118. The molecule has 0 fully saturated rings. The van der Waals surface area contributed by atoms with E-state index < -0.39 is 0 Å². The number of hydrogen-bond donors (Lipinski definition) is 1. The molecule has 0 aliphatic rings. The summed E-state index contributed by atoms with van der Waals surface area (Å²) in [5.74, 6) is 0.0493. The topological polar surface area (TPSA) is 67.2 Å². The first-order valence-electron chi connectivity index (χ1n) is 6.45. The van der Waals surface area contributed by atoms with Gasteiger partial charge in [0.25, 0.3) is 5.91 Å². The monoisotopic (exact) mass is 300 g/mol. The van der Waals surface area contributed by atoms with E-state index >= 15 is 0 Å². The highest BCUT2D eigenvalue weighted by Crippen LogP contribution is 2.10. The smallest absolute Gasteiger partial charge is 0.250 e. The number of amides is 1. The Morgan fingerprint density at radius 1 is 1.24 bits per heavy atom. The van der Waals surface area contributed by atoms with E-state index in [0.29, 0.717) is 5.16 Å². The average Bonchev–Trinajstić information content (AvgIpc) is 2.52. The van der Waals surface area contributed by atoms with Crippen molar-refractivity contribution >= 4 is 23.4 Å². The van der Waals surface area contributed by atoms with Crippen LogP contribution in [0.4, 0.5) is 0 Å². The molecule has 0 aliphatic heterocycles. The summed E-state index contributed by atoms with van der Waals surface area (Å²) < 4.78 is 0. The maximum absolute atomic E-state index is 11.7. The van der Waals surface area contributed by atoms with Crippen LogP contribution in [0.1, 0.15) is 18.1 Å². The number of hydrogen-bond acceptors (Lipinski definition) is 5. The molecule has 0 saturated heterocycles. The van der Waals surface area contributed by atoms with Crippen LogP contribution in [-0.2, 0) is 4.79 Å². The largest absolute Gasteiger partial charge is 0.272 e. The fourth-order valence-corrected chi connectivity index (χ4v) is 2.12. The number of rotatable bonds is 5. The van der Waals surface area contributed by atoms with E-state index in [0.717, 1.165) is 11.3 Å². The van der Waals surface area contributed by atoms with Crippen LogP contribution < -0.4 is 5.43 Å². The van der Waals surface area contributed by atoms with Crippen LogP contribution in [0.25, 0.3) is 0 Å². The molecule has 0 bridgehead atoms. The number of nitrogens with one attached hydrogen (secondary N) is 1. The van der Waals surface area contributed by atoms with Crippen molar-refractivity contribution in [3.05, 3.63) is 53.9 Å². The van der Waals surface area contributed by atoms with Crippen molar-refractivity contribution in [2.75, 3.05) is 5.75 Å². The Balaban J connectivity index is 1.85. The maximum Gasteiger partial charge on any atom is 0.250 e. The Morgan fingerprint density at radius 2 is 1.90 bits per heavy atom. The second kappa shape index (κ2) is 7.54. The first kappa shape index (κ1) is 15.2. The molecule has 1 aromatic heterocycles. The Labute approximate surface area is 127 Å². The van der Waals surface area contributed by atoms with Crippen molar-refractivity contribution in [1.82, 2.24) is 15.4 Å². The standard InChI is InChI=1S/C15H16N4OS/c1-11-4-6-13(7-5-11)12(2)18-19-14(20)10-21-15-16-8-3-9-17-15/h3-9H,10H2,1-2H3,(H,19,20). The zero-order valence-corrected chi connectivity index (χ0v) is 12.7. The summed E-state index contributed by atoms with van der Waals surface area (Å²) in [7, 11) is 0. The second-order valence-corrected chi connectivity index (χ2v) is 5.36. The number of hydrazone groups is 1. The van der Waals surface area contributed by atoms with Gasteiger partial charge in [-0.05, 0) is 25.5 Å². The maximum atomic E-state index is 11.7. The molecule has 1 aromatic carbocycles. The minimum atomic E-state index is -0.182. The fourth-order valence-electron chi connectivity index (χ4n) is 1.53. The van der Waals surface area contributed by atoms with Crippen LogP contribution in [0.5, 0.6) is 0 Å². The Hall–Kier alpha value is -2.21. The van der Waals surface area contributed by atoms with Crippen molar-refractivity contribution in [3.63, 3.8) is 0 Å². The summed E-state index contributed by atoms with van der Waals surface area (Å²) in [6.45, 7) is 3.89. The van der Waals surface area contributed by atoms with Gasteiger partial charge in [-0.15, -0.1) is 0 Å². The van der Waals surface area contributed by atoms with Gasteiger partial charge < -0.3 is 0 Å². The lowest BCUT2D eigenvalue weighted by Gasteiger charge is -2.03. The van der Waals surface area contributed by atoms with Crippen molar-refractivity contribution in [1.29, 1.82) is 0 Å². The molecule has 1 amide bonds. The zero-order chi connectivity index (χ0) is 15.1. The van der Waals surface area contributed by atoms with E-state index in [2.05, 4.69) is 20.5 Å². The lowest BCUT2D eigenvalue weighted by atomic mass is 10.1. The van der Waals surface area contributed by atoms with Crippen LogP contribution >= 0.6 is 11.8 Å². The van der Waals surface area contributed by atoms with Crippen LogP contribution in [0, 0.1) is 6.92 Å². The molecule has 2 rings (SSSR count). The second-order valence-electron chi connectivity index (χ2n) is 4.42. The quantitative estimate of drug-likeness (QED) is 0.398. The van der Waals surface area contributed by atoms with E-state index in [-0.39, 0.29) is 11.7 Å². The van der Waals surface area contributed by atoms with Gasteiger partial charge in [0.15, 0.2) is 5.16 Å². The predicted octanol–water partition coefficient (Wildman–Crippen LogP) is 2.42. The fraction of sp³-hybridized carbons (Fsp3) is 0.200. The number of carbonyl (C=O) groups is 1. The lowest BCUT2D eigenvalue weighted by Crippen LogP contribution is -2.21. The molecule has 21 heavy (non-hydrogen) atoms. The predicted molar refractivity (Wildman–Crippen MR) is 84.3 cm³/mol. The van der Waals surface area contributed by atoms with Crippen LogP contribution in [0.15, 0.2) is 53.0 Å². The SMILES string of the molecule is CC(=NNC(=O)CSc1ncccn1)c1ccc(C)cc1. The molecule has 0 unspecified atom stereocenters. The number of carbonyl (C=O) groups excluding carboxylic acids is 1. The zero-order valence-electron chi connectivity index (χ0n) is 11.9. The normalized spacial score (nSPS) is 11.2. The first-order chi connectivity index (χ1) is 10.1. The molecule has 0 aliphatic carbocycles. The van der Waals surface area contributed by atoms with Gasteiger partial charge in [-0.1, -0.05) is 41.6 Å². The first-order valence-corrected chi connectivity index (χ1v) is 7.43.